The summed E-state index contributed by atoms with van der Waals surface area (Å²) >= 11 is 3.98. The van der Waals surface area contributed by atoms with Crippen molar-refractivity contribution in [2.24, 2.45) is 0 Å². The van der Waals surface area contributed by atoms with Crippen LogP contribution < -0.4 is 0 Å². The van der Waals surface area contributed by atoms with Gasteiger partial charge in [-0.05, 0) is 33.4 Å². The third-order valence-electron chi connectivity index (χ3n) is 4.29. The first-order valence-corrected chi connectivity index (χ1v) is 10.6. The van der Waals surface area contributed by atoms with Gasteiger partial charge in [0.15, 0.2) is 0 Å². The highest BCUT2D eigenvalue weighted by atomic mass is 32.2. The fraction of sp³-hybridized carbons (Fsp3) is 0.182. The second-order valence-electron chi connectivity index (χ2n) is 6.20. The standard InChI is InChI=1S/C22H20S2/c1-3-19-11-21(5-1)22-6-2-4-20(12-22)16-24-14-18-9-7-17(8-10-18)13-23-15-19/h1-12H,13-16H2. The number of rotatable bonds is 0. The van der Waals surface area contributed by atoms with Gasteiger partial charge in [0.05, 0.1) is 0 Å². The molecule has 2 heteroatoms. The molecule has 0 aliphatic carbocycles. The van der Waals surface area contributed by atoms with E-state index in [0.717, 1.165) is 23.0 Å². The summed E-state index contributed by atoms with van der Waals surface area (Å²) in [4.78, 5) is 0. The molecule has 6 bridgehead atoms. The maximum absolute atomic E-state index is 2.34. The van der Waals surface area contributed by atoms with Crippen molar-refractivity contribution in [3.8, 4) is 11.1 Å². The summed E-state index contributed by atoms with van der Waals surface area (Å²) in [6.45, 7) is 0. The van der Waals surface area contributed by atoms with Crippen LogP contribution in [0.15, 0.2) is 72.8 Å². The van der Waals surface area contributed by atoms with Crippen LogP contribution in [0, 0.1) is 0 Å². The van der Waals surface area contributed by atoms with E-state index in [-0.39, 0.29) is 0 Å². The zero-order valence-corrected chi connectivity index (χ0v) is 15.2. The topological polar surface area (TPSA) is 0 Å². The van der Waals surface area contributed by atoms with Crippen LogP contribution in [0.5, 0.6) is 0 Å². The van der Waals surface area contributed by atoms with E-state index in [0.29, 0.717) is 0 Å². The average Bonchev–Trinajstić information content (AvgIpc) is 2.63. The number of benzene rings is 3. The fourth-order valence-corrected chi connectivity index (χ4v) is 4.88. The van der Waals surface area contributed by atoms with Crippen molar-refractivity contribution >= 4 is 23.5 Å². The lowest BCUT2D eigenvalue weighted by molar-refractivity contribution is 1.31. The Kier molecular flexibility index (Phi) is 4.96. The molecule has 0 nitrogen and oxygen atoms in total. The number of fused-ring (bicyclic) bond motifs is 6. The van der Waals surface area contributed by atoms with E-state index in [4.69, 9.17) is 0 Å². The molecule has 24 heavy (non-hydrogen) atoms. The average molecular weight is 349 g/mol. The van der Waals surface area contributed by atoms with Gasteiger partial charge >= 0.3 is 0 Å². The first-order valence-electron chi connectivity index (χ1n) is 8.28. The van der Waals surface area contributed by atoms with Crippen LogP contribution >= 0.6 is 23.5 Å². The highest BCUT2D eigenvalue weighted by Crippen LogP contribution is 2.27. The Morgan fingerprint density at radius 3 is 1.33 bits per heavy atom. The van der Waals surface area contributed by atoms with Crippen LogP contribution in [0.25, 0.3) is 11.1 Å². The van der Waals surface area contributed by atoms with Crippen LogP contribution in [0.2, 0.25) is 0 Å². The monoisotopic (exact) mass is 348 g/mol. The largest absolute Gasteiger partial charge is 0.152 e. The molecule has 0 saturated heterocycles. The van der Waals surface area contributed by atoms with E-state index in [2.05, 4.69) is 72.8 Å². The Morgan fingerprint density at radius 2 is 0.875 bits per heavy atom. The Balaban J connectivity index is 1.67. The lowest BCUT2D eigenvalue weighted by Crippen LogP contribution is -1.89. The van der Waals surface area contributed by atoms with Crippen LogP contribution in [-0.2, 0) is 23.0 Å². The second kappa shape index (κ2) is 7.50. The lowest BCUT2D eigenvalue weighted by atomic mass is 10.0. The molecule has 0 N–H and O–H groups in total. The predicted octanol–water partition coefficient (Wildman–Crippen LogP) is 6.53. The van der Waals surface area contributed by atoms with Crippen molar-refractivity contribution in [3.05, 3.63) is 95.1 Å². The molecule has 3 aromatic carbocycles. The van der Waals surface area contributed by atoms with Gasteiger partial charge < -0.3 is 0 Å². The number of hydrogen-bond acceptors (Lipinski definition) is 2. The molecule has 0 saturated carbocycles. The van der Waals surface area contributed by atoms with Crippen LogP contribution in [-0.4, -0.2) is 0 Å². The number of hydrogen-bond donors (Lipinski definition) is 0. The molecular weight excluding hydrogens is 328 g/mol. The zero-order chi connectivity index (χ0) is 16.2. The minimum atomic E-state index is 1.06. The van der Waals surface area contributed by atoms with Gasteiger partial charge in [0.2, 0.25) is 0 Å². The van der Waals surface area contributed by atoms with Crippen LogP contribution in [0.1, 0.15) is 22.3 Å². The van der Waals surface area contributed by atoms with Gasteiger partial charge in [-0.3, -0.25) is 0 Å². The molecule has 2 aliphatic heterocycles. The SMILES string of the molecule is c1cc2cc(c1)-c1cccc(c1)CSCc1ccc(cc1)CSC2. The van der Waals surface area contributed by atoms with Gasteiger partial charge in [-0.1, -0.05) is 72.8 Å². The summed E-state index contributed by atoms with van der Waals surface area (Å²) in [6.07, 6.45) is 0. The van der Waals surface area contributed by atoms with Gasteiger partial charge in [-0.2, -0.15) is 23.5 Å². The Morgan fingerprint density at radius 1 is 0.458 bits per heavy atom. The van der Waals surface area contributed by atoms with E-state index in [9.17, 15) is 0 Å². The summed E-state index contributed by atoms with van der Waals surface area (Å²) in [5, 5.41) is 0. The van der Waals surface area contributed by atoms with Crippen molar-refractivity contribution < 1.29 is 0 Å². The van der Waals surface area contributed by atoms with Gasteiger partial charge in [0.25, 0.3) is 0 Å². The molecule has 2 aliphatic rings. The van der Waals surface area contributed by atoms with Crippen molar-refractivity contribution in [1.29, 1.82) is 0 Å². The van der Waals surface area contributed by atoms with E-state index in [1.807, 2.05) is 23.5 Å². The summed E-state index contributed by atoms with van der Waals surface area (Å²) < 4.78 is 0. The molecule has 5 rings (SSSR count). The van der Waals surface area contributed by atoms with Crippen molar-refractivity contribution in [1.82, 2.24) is 0 Å². The second-order valence-corrected chi connectivity index (χ2v) is 8.17. The summed E-state index contributed by atoms with van der Waals surface area (Å²) in [5.41, 5.74) is 8.30. The van der Waals surface area contributed by atoms with Gasteiger partial charge in [-0.15, -0.1) is 0 Å². The third kappa shape index (κ3) is 3.88. The molecule has 0 aromatic heterocycles. The lowest BCUT2D eigenvalue weighted by Gasteiger charge is -2.10. The fourth-order valence-electron chi connectivity index (χ4n) is 2.99. The van der Waals surface area contributed by atoms with E-state index < -0.39 is 0 Å². The maximum Gasteiger partial charge on any atom is 0.0188 e. The maximum atomic E-state index is 2.34. The van der Waals surface area contributed by atoms with Gasteiger partial charge in [0, 0.05) is 23.0 Å². The quantitative estimate of drug-likeness (QED) is 0.453. The van der Waals surface area contributed by atoms with Crippen molar-refractivity contribution in [2.45, 2.75) is 23.0 Å². The Labute approximate surface area is 152 Å². The predicted molar refractivity (Wildman–Crippen MR) is 108 cm³/mol. The van der Waals surface area contributed by atoms with E-state index >= 15 is 0 Å². The molecule has 0 amide bonds. The van der Waals surface area contributed by atoms with Gasteiger partial charge in [-0.25, -0.2) is 0 Å². The van der Waals surface area contributed by atoms with Crippen molar-refractivity contribution in [3.63, 3.8) is 0 Å². The minimum Gasteiger partial charge on any atom is -0.152 e. The summed E-state index contributed by atoms with van der Waals surface area (Å²) in [6, 6.07) is 27.1. The van der Waals surface area contributed by atoms with E-state index in [1.54, 1.807) is 0 Å². The molecule has 0 unspecified atom stereocenters. The molecule has 0 radical (unpaired) electrons. The molecule has 120 valence electrons. The van der Waals surface area contributed by atoms with Gasteiger partial charge in [0.1, 0.15) is 0 Å². The molecule has 3 aromatic rings. The normalized spacial score (nSPS) is 14.5. The first kappa shape index (κ1) is 15.9. The summed E-state index contributed by atoms with van der Waals surface area (Å²) in [5.74, 6) is 4.27. The molecule has 0 fully saturated rings. The van der Waals surface area contributed by atoms with Crippen LogP contribution in [0.3, 0.4) is 0 Å². The first-order chi connectivity index (χ1) is 11.9. The number of thioether (sulfide) groups is 2. The Hall–Kier alpha value is -1.64. The van der Waals surface area contributed by atoms with Crippen molar-refractivity contribution in [2.75, 3.05) is 0 Å². The Bertz CT molecular complexity index is 751. The minimum absolute atomic E-state index is 1.06. The molecule has 0 spiro atoms. The highest BCUT2D eigenvalue weighted by molar-refractivity contribution is 7.98. The van der Waals surface area contributed by atoms with E-state index in [1.165, 1.54) is 33.4 Å². The molecule has 0 atom stereocenters. The summed E-state index contributed by atoms with van der Waals surface area (Å²) in [7, 11) is 0. The molecule has 2 heterocycles. The zero-order valence-electron chi connectivity index (χ0n) is 13.6. The smallest absolute Gasteiger partial charge is 0.0188 e. The third-order valence-corrected chi connectivity index (χ3v) is 6.44. The van der Waals surface area contributed by atoms with Crippen LogP contribution in [0.4, 0.5) is 0 Å². The molecular formula is C22H20S2. The highest BCUT2D eigenvalue weighted by Gasteiger charge is 2.04.